The molecule has 0 atom stereocenters. The lowest BCUT2D eigenvalue weighted by Gasteiger charge is -2.16. The third-order valence-electron chi connectivity index (χ3n) is 2.72. The Bertz CT molecular complexity index is 423. The second-order valence-electron chi connectivity index (χ2n) is 4.37. The van der Waals surface area contributed by atoms with Crippen LogP contribution in [0.4, 0.5) is 4.79 Å². The summed E-state index contributed by atoms with van der Waals surface area (Å²) in [4.78, 5) is 24.6. The number of nitrogens with one attached hydrogen (secondary N) is 1. The molecule has 0 heterocycles. The summed E-state index contributed by atoms with van der Waals surface area (Å²) < 4.78 is 5.00. The van der Waals surface area contributed by atoms with Gasteiger partial charge in [-0.3, -0.25) is 4.79 Å². The number of nitrogens with zero attached hydrogens (tertiary/aromatic N) is 1. The van der Waals surface area contributed by atoms with E-state index in [1.54, 1.807) is 7.05 Å². The summed E-state index contributed by atoms with van der Waals surface area (Å²) in [5.41, 5.74) is 6.26. The molecule has 1 aromatic carbocycles. The molecule has 3 N–H and O–H groups in total. The molecule has 0 aliphatic carbocycles. The zero-order valence-electron chi connectivity index (χ0n) is 11.7. The van der Waals surface area contributed by atoms with Gasteiger partial charge in [0.05, 0.1) is 0 Å². The average Bonchev–Trinajstić information content (AvgIpc) is 2.49. The van der Waals surface area contributed by atoms with Crippen LogP contribution in [0.1, 0.15) is 12.0 Å². The molecule has 20 heavy (non-hydrogen) atoms. The van der Waals surface area contributed by atoms with Gasteiger partial charge in [0.2, 0.25) is 5.91 Å². The number of likely N-dealkylation sites (N-methyl/N-ethyl adjacent to an activating group) is 1. The van der Waals surface area contributed by atoms with Crippen LogP contribution in [0.25, 0.3) is 0 Å². The predicted octanol–water partition coefficient (Wildman–Crippen LogP) is 0.720. The zero-order chi connectivity index (χ0) is 14.8. The van der Waals surface area contributed by atoms with E-state index in [4.69, 9.17) is 10.5 Å². The molecule has 0 aliphatic rings. The summed E-state index contributed by atoms with van der Waals surface area (Å²) in [6.45, 7) is 1.22. The van der Waals surface area contributed by atoms with Crippen molar-refractivity contribution in [1.29, 1.82) is 0 Å². The van der Waals surface area contributed by atoms with Crippen molar-refractivity contribution in [2.75, 3.05) is 26.7 Å². The van der Waals surface area contributed by atoms with Gasteiger partial charge in [0.1, 0.15) is 13.2 Å². The standard InChI is InChI=1S/C14H21N3O3/c1-17(9-5-8-15)13(18)10-16-14(19)20-11-12-6-3-2-4-7-12/h2-4,6-7H,5,8-11,15H2,1H3,(H,16,19). The molecule has 1 rings (SSSR count). The van der Waals surface area contributed by atoms with Gasteiger partial charge in [0.25, 0.3) is 0 Å². The highest BCUT2D eigenvalue weighted by molar-refractivity contribution is 5.82. The van der Waals surface area contributed by atoms with Gasteiger partial charge in [-0.05, 0) is 18.5 Å². The maximum Gasteiger partial charge on any atom is 0.407 e. The van der Waals surface area contributed by atoms with Gasteiger partial charge in [-0.2, -0.15) is 0 Å². The first kappa shape index (κ1) is 16.0. The molecular formula is C14H21N3O3. The van der Waals surface area contributed by atoms with Gasteiger partial charge in [0, 0.05) is 13.6 Å². The maximum absolute atomic E-state index is 11.6. The molecule has 0 saturated heterocycles. The van der Waals surface area contributed by atoms with Crippen molar-refractivity contribution in [2.45, 2.75) is 13.0 Å². The summed E-state index contributed by atoms with van der Waals surface area (Å²) in [5.74, 6) is -0.171. The Hall–Kier alpha value is -2.08. The van der Waals surface area contributed by atoms with Crippen LogP contribution in [-0.2, 0) is 16.1 Å². The second kappa shape index (κ2) is 8.92. The lowest BCUT2D eigenvalue weighted by atomic mass is 10.2. The van der Waals surface area contributed by atoms with Crippen molar-refractivity contribution >= 4 is 12.0 Å². The van der Waals surface area contributed by atoms with Crippen molar-refractivity contribution in [3.05, 3.63) is 35.9 Å². The largest absolute Gasteiger partial charge is 0.445 e. The third-order valence-corrected chi connectivity index (χ3v) is 2.72. The first-order valence-electron chi connectivity index (χ1n) is 6.52. The fourth-order valence-corrected chi connectivity index (χ4v) is 1.51. The number of hydrogen-bond donors (Lipinski definition) is 2. The van der Waals surface area contributed by atoms with Crippen molar-refractivity contribution in [3.8, 4) is 0 Å². The highest BCUT2D eigenvalue weighted by atomic mass is 16.5. The maximum atomic E-state index is 11.6. The lowest BCUT2D eigenvalue weighted by molar-refractivity contribution is -0.128. The topological polar surface area (TPSA) is 84.7 Å². The van der Waals surface area contributed by atoms with E-state index in [9.17, 15) is 9.59 Å². The van der Waals surface area contributed by atoms with Crippen molar-refractivity contribution in [3.63, 3.8) is 0 Å². The van der Waals surface area contributed by atoms with Gasteiger partial charge >= 0.3 is 6.09 Å². The fourth-order valence-electron chi connectivity index (χ4n) is 1.51. The monoisotopic (exact) mass is 279 g/mol. The Labute approximate surface area is 118 Å². The summed E-state index contributed by atoms with van der Waals surface area (Å²) in [6.07, 6.45) is 0.134. The number of hydrogen-bond acceptors (Lipinski definition) is 4. The summed E-state index contributed by atoms with van der Waals surface area (Å²) in [5, 5.41) is 2.43. The van der Waals surface area contributed by atoms with Gasteiger partial charge in [-0.15, -0.1) is 0 Å². The highest BCUT2D eigenvalue weighted by Crippen LogP contribution is 2.00. The Morgan fingerprint density at radius 2 is 2.00 bits per heavy atom. The number of rotatable bonds is 7. The number of nitrogens with two attached hydrogens (primary N) is 1. The van der Waals surface area contributed by atoms with E-state index in [1.807, 2.05) is 30.3 Å². The predicted molar refractivity (Wildman–Crippen MR) is 75.9 cm³/mol. The molecule has 110 valence electrons. The van der Waals surface area contributed by atoms with Crippen LogP contribution in [0.15, 0.2) is 30.3 Å². The minimum Gasteiger partial charge on any atom is -0.445 e. The SMILES string of the molecule is CN(CCCN)C(=O)CNC(=O)OCc1ccccc1. The van der Waals surface area contributed by atoms with E-state index in [-0.39, 0.29) is 19.1 Å². The molecule has 0 aromatic heterocycles. The zero-order valence-corrected chi connectivity index (χ0v) is 11.7. The van der Waals surface area contributed by atoms with E-state index in [0.29, 0.717) is 13.1 Å². The molecule has 6 nitrogen and oxygen atoms in total. The molecule has 0 saturated carbocycles. The summed E-state index contributed by atoms with van der Waals surface area (Å²) in [6, 6.07) is 9.34. The third kappa shape index (κ3) is 6.19. The molecule has 0 fully saturated rings. The van der Waals surface area contributed by atoms with E-state index >= 15 is 0 Å². The molecule has 0 bridgehead atoms. The van der Waals surface area contributed by atoms with E-state index < -0.39 is 6.09 Å². The van der Waals surface area contributed by atoms with E-state index in [0.717, 1.165) is 12.0 Å². The van der Waals surface area contributed by atoms with Crippen LogP contribution >= 0.6 is 0 Å². The number of benzene rings is 1. The first-order valence-corrected chi connectivity index (χ1v) is 6.52. The van der Waals surface area contributed by atoms with E-state index in [1.165, 1.54) is 4.90 Å². The van der Waals surface area contributed by atoms with Crippen LogP contribution in [0.3, 0.4) is 0 Å². The van der Waals surface area contributed by atoms with Crippen LogP contribution in [-0.4, -0.2) is 43.6 Å². The van der Waals surface area contributed by atoms with Crippen molar-refractivity contribution < 1.29 is 14.3 Å². The Balaban J connectivity index is 2.21. The smallest absolute Gasteiger partial charge is 0.407 e. The highest BCUT2D eigenvalue weighted by Gasteiger charge is 2.10. The molecule has 1 aromatic rings. The lowest BCUT2D eigenvalue weighted by Crippen LogP contribution is -2.39. The number of carbonyl (C=O) groups is 2. The number of alkyl carbamates (subject to hydrolysis) is 1. The second-order valence-corrected chi connectivity index (χ2v) is 4.37. The van der Waals surface area contributed by atoms with Gasteiger partial charge in [-0.25, -0.2) is 4.79 Å². The number of amides is 2. The van der Waals surface area contributed by atoms with Crippen LogP contribution in [0, 0.1) is 0 Å². The Morgan fingerprint density at radius 3 is 2.65 bits per heavy atom. The van der Waals surface area contributed by atoms with E-state index in [2.05, 4.69) is 5.32 Å². The van der Waals surface area contributed by atoms with Crippen LogP contribution in [0.2, 0.25) is 0 Å². The number of carbonyl (C=O) groups excluding carboxylic acids is 2. The molecule has 0 unspecified atom stereocenters. The summed E-state index contributed by atoms with van der Waals surface area (Å²) >= 11 is 0. The average molecular weight is 279 g/mol. The molecule has 0 aliphatic heterocycles. The van der Waals surface area contributed by atoms with Crippen LogP contribution in [0.5, 0.6) is 0 Å². The minimum absolute atomic E-state index is 0.0747. The normalized spacial score (nSPS) is 9.90. The molecule has 6 heteroatoms. The van der Waals surface area contributed by atoms with Crippen molar-refractivity contribution in [2.24, 2.45) is 5.73 Å². The van der Waals surface area contributed by atoms with Gasteiger partial charge in [-0.1, -0.05) is 30.3 Å². The molecule has 2 amide bonds. The van der Waals surface area contributed by atoms with Gasteiger partial charge < -0.3 is 20.7 Å². The molecular weight excluding hydrogens is 258 g/mol. The first-order chi connectivity index (χ1) is 9.63. The quantitative estimate of drug-likeness (QED) is 0.770. The molecule has 0 spiro atoms. The molecule has 0 radical (unpaired) electrons. The minimum atomic E-state index is -0.602. The van der Waals surface area contributed by atoms with Crippen molar-refractivity contribution in [1.82, 2.24) is 10.2 Å². The summed E-state index contributed by atoms with van der Waals surface area (Å²) in [7, 11) is 1.68. The fraction of sp³-hybridized carbons (Fsp3) is 0.429. The number of ether oxygens (including phenoxy) is 1. The van der Waals surface area contributed by atoms with Gasteiger partial charge in [0.15, 0.2) is 0 Å². The Kier molecular flexibility index (Phi) is 7.13. The van der Waals surface area contributed by atoms with Crippen LogP contribution < -0.4 is 11.1 Å². The Morgan fingerprint density at radius 1 is 1.30 bits per heavy atom.